The van der Waals surface area contributed by atoms with Crippen LogP contribution in [0.5, 0.6) is 0 Å². The Kier molecular flexibility index (Phi) is 4.51. The van der Waals surface area contributed by atoms with Crippen molar-refractivity contribution < 1.29 is 9.59 Å². The van der Waals surface area contributed by atoms with E-state index in [1.807, 2.05) is 38.1 Å². The summed E-state index contributed by atoms with van der Waals surface area (Å²) in [7, 11) is 0. The summed E-state index contributed by atoms with van der Waals surface area (Å²) < 4.78 is 0. The third-order valence-electron chi connectivity index (χ3n) is 6.45. The molecule has 1 N–H and O–H groups in total. The molecule has 2 fully saturated rings. The van der Waals surface area contributed by atoms with Gasteiger partial charge in [-0.15, -0.1) is 0 Å². The number of hydrogen-bond acceptors (Lipinski definition) is 3. The molecule has 5 heteroatoms. The van der Waals surface area contributed by atoms with E-state index in [1.165, 1.54) is 38.5 Å². The molecule has 2 aliphatic heterocycles. The number of rotatable bonds is 2. The van der Waals surface area contributed by atoms with Crippen LogP contribution in [0.2, 0.25) is 0 Å². The molecule has 0 spiro atoms. The Hall–Kier alpha value is -1.88. The fourth-order valence-electron chi connectivity index (χ4n) is 5.07. The molecule has 1 saturated carbocycles. The highest BCUT2D eigenvalue weighted by Crippen LogP contribution is 2.38. The van der Waals surface area contributed by atoms with E-state index in [-0.39, 0.29) is 11.8 Å². The van der Waals surface area contributed by atoms with Crippen LogP contribution in [-0.4, -0.2) is 41.4 Å². The predicted octanol–water partition coefficient (Wildman–Crippen LogP) is 3.40. The summed E-state index contributed by atoms with van der Waals surface area (Å²) in [5, 5.41) is 2.94. The molecule has 2 amide bonds. The average molecular weight is 355 g/mol. The smallest absolute Gasteiger partial charge is 0.250 e. The van der Waals surface area contributed by atoms with Gasteiger partial charge in [0.25, 0.3) is 0 Å². The normalized spacial score (nSPS) is 28.1. The monoisotopic (exact) mass is 355 g/mol. The first kappa shape index (κ1) is 17.5. The Morgan fingerprint density at radius 3 is 2.73 bits per heavy atom. The van der Waals surface area contributed by atoms with E-state index in [4.69, 9.17) is 0 Å². The van der Waals surface area contributed by atoms with E-state index in [9.17, 15) is 9.59 Å². The summed E-state index contributed by atoms with van der Waals surface area (Å²) >= 11 is 0. The number of para-hydroxylation sites is 2. The van der Waals surface area contributed by atoms with Gasteiger partial charge in [0.15, 0.2) is 0 Å². The number of benzene rings is 1. The highest BCUT2D eigenvalue weighted by molar-refractivity contribution is 6.14. The quantitative estimate of drug-likeness (QED) is 0.884. The minimum Gasteiger partial charge on any atom is -0.322 e. The molecule has 26 heavy (non-hydrogen) atoms. The van der Waals surface area contributed by atoms with Crippen LogP contribution in [-0.2, 0) is 9.59 Å². The maximum absolute atomic E-state index is 13.4. The molecule has 3 aliphatic rings. The van der Waals surface area contributed by atoms with Crippen molar-refractivity contribution in [1.82, 2.24) is 4.90 Å². The van der Waals surface area contributed by atoms with Crippen molar-refractivity contribution in [2.24, 2.45) is 5.92 Å². The lowest BCUT2D eigenvalue weighted by molar-refractivity contribution is -0.128. The molecular weight excluding hydrogens is 326 g/mol. The SMILES string of the molecule is CC1(C)C(=O)Nc2ccccc2N1C(=O)CN1CCC[C@H]2CCCC[C@H]21. The molecule has 0 unspecified atom stereocenters. The Morgan fingerprint density at radius 2 is 1.88 bits per heavy atom. The van der Waals surface area contributed by atoms with E-state index in [0.29, 0.717) is 12.6 Å². The van der Waals surface area contributed by atoms with Gasteiger partial charge in [-0.25, -0.2) is 0 Å². The van der Waals surface area contributed by atoms with E-state index in [0.717, 1.165) is 23.8 Å². The molecule has 2 atom stereocenters. The van der Waals surface area contributed by atoms with Gasteiger partial charge in [-0.05, 0) is 64.1 Å². The number of nitrogens with one attached hydrogen (secondary N) is 1. The van der Waals surface area contributed by atoms with Crippen LogP contribution < -0.4 is 10.2 Å². The van der Waals surface area contributed by atoms with Gasteiger partial charge in [-0.3, -0.25) is 19.4 Å². The molecule has 0 bridgehead atoms. The molecule has 2 heterocycles. The maximum atomic E-state index is 13.4. The van der Waals surface area contributed by atoms with E-state index in [2.05, 4.69) is 10.2 Å². The number of piperidine rings is 1. The van der Waals surface area contributed by atoms with Crippen molar-refractivity contribution in [2.75, 3.05) is 23.3 Å². The molecule has 1 aromatic rings. The summed E-state index contributed by atoms with van der Waals surface area (Å²) in [6, 6.07) is 8.13. The second kappa shape index (κ2) is 6.69. The summed E-state index contributed by atoms with van der Waals surface area (Å²) in [5.74, 6) is 0.650. The average Bonchev–Trinajstić information content (AvgIpc) is 2.63. The van der Waals surface area contributed by atoms with Gasteiger partial charge in [0.2, 0.25) is 11.8 Å². The van der Waals surface area contributed by atoms with Gasteiger partial charge in [-0.1, -0.05) is 25.0 Å². The zero-order valence-electron chi connectivity index (χ0n) is 15.8. The van der Waals surface area contributed by atoms with Crippen molar-refractivity contribution >= 4 is 23.2 Å². The molecule has 4 rings (SSSR count). The van der Waals surface area contributed by atoms with Gasteiger partial charge in [0.05, 0.1) is 17.9 Å². The van der Waals surface area contributed by atoms with Gasteiger partial charge < -0.3 is 5.32 Å². The molecule has 1 aromatic carbocycles. The van der Waals surface area contributed by atoms with E-state index in [1.54, 1.807) is 4.90 Å². The fourth-order valence-corrected chi connectivity index (χ4v) is 5.07. The molecular formula is C21H29N3O2. The minimum absolute atomic E-state index is 0.0310. The summed E-state index contributed by atoms with van der Waals surface area (Å²) in [6.45, 7) is 5.06. The van der Waals surface area contributed by atoms with Gasteiger partial charge >= 0.3 is 0 Å². The first-order chi connectivity index (χ1) is 12.5. The lowest BCUT2D eigenvalue weighted by atomic mass is 9.78. The van der Waals surface area contributed by atoms with Crippen LogP contribution in [0.1, 0.15) is 52.4 Å². The maximum Gasteiger partial charge on any atom is 0.250 e. The topological polar surface area (TPSA) is 52.7 Å². The van der Waals surface area contributed by atoms with Crippen LogP contribution >= 0.6 is 0 Å². The van der Waals surface area contributed by atoms with E-state index < -0.39 is 5.54 Å². The molecule has 5 nitrogen and oxygen atoms in total. The van der Waals surface area contributed by atoms with Crippen LogP contribution in [0.15, 0.2) is 24.3 Å². The third kappa shape index (κ3) is 2.92. The number of hydrogen-bond donors (Lipinski definition) is 1. The number of carbonyl (C=O) groups is 2. The Bertz CT molecular complexity index is 713. The standard InChI is InChI=1S/C21H29N3O2/c1-21(2)20(26)22-16-10-4-6-12-18(16)24(21)19(25)14-23-13-7-9-15-8-3-5-11-17(15)23/h4,6,10,12,15,17H,3,5,7-9,11,13-14H2,1-2H3,(H,22,26)/t15-,17-/m1/s1. The number of amides is 2. The van der Waals surface area contributed by atoms with Gasteiger partial charge in [0.1, 0.15) is 5.54 Å². The Labute approximate surface area is 155 Å². The number of nitrogens with zero attached hydrogens (tertiary/aromatic N) is 2. The summed E-state index contributed by atoms with van der Waals surface area (Å²) in [4.78, 5) is 30.1. The van der Waals surface area contributed by atoms with Crippen LogP contribution in [0.4, 0.5) is 11.4 Å². The first-order valence-electron chi connectivity index (χ1n) is 9.96. The first-order valence-corrected chi connectivity index (χ1v) is 9.96. The van der Waals surface area contributed by atoms with Crippen molar-refractivity contribution in [1.29, 1.82) is 0 Å². The number of fused-ring (bicyclic) bond motifs is 2. The second-order valence-corrected chi connectivity index (χ2v) is 8.48. The minimum atomic E-state index is -0.882. The van der Waals surface area contributed by atoms with Gasteiger partial charge in [-0.2, -0.15) is 0 Å². The lowest BCUT2D eigenvalue weighted by Crippen LogP contribution is -2.61. The van der Waals surface area contributed by atoms with Crippen molar-refractivity contribution in [3.8, 4) is 0 Å². The predicted molar refractivity (Wildman–Crippen MR) is 103 cm³/mol. The molecule has 0 aromatic heterocycles. The Balaban J connectivity index is 1.59. The largest absolute Gasteiger partial charge is 0.322 e. The number of carbonyl (C=O) groups excluding carboxylic acids is 2. The van der Waals surface area contributed by atoms with Crippen molar-refractivity contribution in [3.63, 3.8) is 0 Å². The zero-order valence-corrected chi connectivity index (χ0v) is 15.8. The molecule has 1 saturated heterocycles. The number of likely N-dealkylation sites (tertiary alicyclic amines) is 1. The Morgan fingerprint density at radius 1 is 1.15 bits per heavy atom. The fraction of sp³-hybridized carbons (Fsp3) is 0.619. The van der Waals surface area contributed by atoms with Crippen molar-refractivity contribution in [2.45, 2.75) is 64.0 Å². The molecule has 0 radical (unpaired) electrons. The summed E-state index contributed by atoms with van der Waals surface area (Å²) in [5.41, 5.74) is 0.645. The zero-order chi connectivity index (χ0) is 18.3. The molecule has 140 valence electrons. The lowest BCUT2D eigenvalue weighted by Gasteiger charge is -2.46. The van der Waals surface area contributed by atoms with E-state index >= 15 is 0 Å². The second-order valence-electron chi connectivity index (χ2n) is 8.48. The van der Waals surface area contributed by atoms with Crippen LogP contribution in [0, 0.1) is 5.92 Å². The van der Waals surface area contributed by atoms with Crippen molar-refractivity contribution in [3.05, 3.63) is 24.3 Å². The van der Waals surface area contributed by atoms with Gasteiger partial charge in [0, 0.05) is 6.04 Å². The molecule has 1 aliphatic carbocycles. The summed E-state index contributed by atoms with van der Waals surface area (Å²) in [6.07, 6.45) is 7.58. The third-order valence-corrected chi connectivity index (χ3v) is 6.45. The van der Waals surface area contributed by atoms with Crippen LogP contribution in [0.3, 0.4) is 0 Å². The highest BCUT2D eigenvalue weighted by atomic mass is 16.2. The number of anilines is 2. The highest BCUT2D eigenvalue weighted by Gasteiger charge is 2.44. The van der Waals surface area contributed by atoms with Crippen LogP contribution in [0.25, 0.3) is 0 Å².